The van der Waals surface area contributed by atoms with Crippen molar-refractivity contribution in [3.8, 4) is 0 Å². The summed E-state index contributed by atoms with van der Waals surface area (Å²) in [5, 5.41) is 3.18. The molecule has 88 valence electrons. The predicted octanol–water partition coefficient (Wildman–Crippen LogP) is 1.43. The summed E-state index contributed by atoms with van der Waals surface area (Å²) >= 11 is 0. The fraction of sp³-hybridized carbons (Fsp3) is 0.0833. The Labute approximate surface area is 103 Å². The molecule has 0 saturated heterocycles. The Hall–Kier alpha value is -2.63. The fourth-order valence-electron chi connectivity index (χ4n) is 1.56. The van der Waals surface area contributed by atoms with E-state index < -0.39 is 0 Å². The second-order valence-electron chi connectivity index (χ2n) is 3.65. The van der Waals surface area contributed by atoms with Gasteiger partial charge in [-0.05, 0) is 18.2 Å². The van der Waals surface area contributed by atoms with Gasteiger partial charge in [0.15, 0.2) is 5.65 Å². The Morgan fingerprint density at radius 3 is 2.78 bits per heavy atom. The molecular weight excluding hydrogens is 228 g/mol. The van der Waals surface area contributed by atoms with Crippen LogP contribution in [-0.2, 0) is 6.54 Å². The molecule has 0 aliphatic heterocycles. The molecule has 3 aromatic rings. The van der Waals surface area contributed by atoms with E-state index in [-0.39, 0.29) is 0 Å². The Balaban J connectivity index is 1.79. The van der Waals surface area contributed by atoms with Gasteiger partial charge in [0, 0.05) is 18.6 Å². The van der Waals surface area contributed by atoms with Crippen molar-refractivity contribution in [2.24, 2.45) is 0 Å². The quantitative estimate of drug-likeness (QED) is 0.743. The minimum absolute atomic E-state index is 0.599. The number of fused-ring (bicyclic) bond motifs is 1. The molecule has 0 aliphatic rings. The first-order valence-electron chi connectivity index (χ1n) is 5.48. The lowest BCUT2D eigenvalue weighted by atomic mass is 10.3. The molecule has 0 radical (unpaired) electrons. The van der Waals surface area contributed by atoms with Crippen LogP contribution >= 0.6 is 0 Å². The zero-order chi connectivity index (χ0) is 12.2. The lowest BCUT2D eigenvalue weighted by Gasteiger charge is -2.05. The van der Waals surface area contributed by atoms with Crippen molar-refractivity contribution >= 4 is 17.0 Å². The summed E-state index contributed by atoms with van der Waals surface area (Å²) in [5.41, 5.74) is 2.32. The monoisotopic (exact) mass is 238 g/mol. The lowest BCUT2D eigenvalue weighted by Crippen LogP contribution is -2.03. The van der Waals surface area contributed by atoms with Crippen molar-refractivity contribution in [1.29, 1.82) is 0 Å². The smallest absolute Gasteiger partial charge is 0.180 e. The molecule has 6 heteroatoms. The third kappa shape index (κ3) is 2.22. The van der Waals surface area contributed by atoms with E-state index in [9.17, 15) is 0 Å². The van der Waals surface area contributed by atoms with Gasteiger partial charge < -0.3 is 5.32 Å². The molecule has 0 fully saturated rings. The maximum Gasteiger partial charge on any atom is 0.180 e. The van der Waals surface area contributed by atoms with Crippen LogP contribution in [0.4, 0.5) is 5.82 Å². The van der Waals surface area contributed by atoms with Crippen LogP contribution in [0.25, 0.3) is 11.2 Å². The van der Waals surface area contributed by atoms with Gasteiger partial charge in [0.2, 0.25) is 0 Å². The number of aromatic nitrogens is 5. The van der Waals surface area contributed by atoms with Crippen LogP contribution in [0.3, 0.4) is 0 Å². The highest BCUT2D eigenvalue weighted by molar-refractivity contribution is 5.71. The normalized spacial score (nSPS) is 10.4. The van der Waals surface area contributed by atoms with E-state index in [1.165, 1.54) is 6.33 Å². The molecule has 0 bridgehead atoms. The first-order chi connectivity index (χ1) is 8.92. The number of pyridine rings is 1. The summed E-state index contributed by atoms with van der Waals surface area (Å²) in [7, 11) is 0. The van der Waals surface area contributed by atoms with Gasteiger partial charge in [-0.1, -0.05) is 0 Å². The highest BCUT2D eigenvalue weighted by Crippen LogP contribution is 2.10. The lowest BCUT2D eigenvalue weighted by molar-refractivity contribution is 0.997. The zero-order valence-electron chi connectivity index (χ0n) is 9.48. The van der Waals surface area contributed by atoms with Gasteiger partial charge >= 0.3 is 0 Å². The van der Waals surface area contributed by atoms with Gasteiger partial charge in [0.05, 0.1) is 12.2 Å². The first kappa shape index (κ1) is 10.5. The van der Waals surface area contributed by atoms with E-state index in [0.29, 0.717) is 12.2 Å². The van der Waals surface area contributed by atoms with Crippen LogP contribution < -0.4 is 5.32 Å². The summed E-state index contributed by atoms with van der Waals surface area (Å²) in [5.74, 6) is 0.751. The van der Waals surface area contributed by atoms with Crippen molar-refractivity contribution in [2.45, 2.75) is 6.54 Å². The molecule has 0 saturated carbocycles. The molecule has 3 rings (SSSR count). The SMILES string of the molecule is c1cc(CNc2ccc3nccnc3n2)ncn1. The Morgan fingerprint density at radius 1 is 0.944 bits per heavy atom. The van der Waals surface area contributed by atoms with E-state index >= 15 is 0 Å². The van der Waals surface area contributed by atoms with E-state index in [2.05, 4.69) is 30.2 Å². The van der Waals surface area contributed by atoms with Crippen LogP contribution in [0.2, 0.25) is 0 Å². The molecule has 0 aromatic carbocycles. The topological polar surface area (TPSA) is 76.5 Å². The number of hydrogen-bond donors (Lipinski definition) is 1. The molecule has 0 spiro atoms. The highest BCUT2D eigenvalue weighted by atomic mass is 15.0. The molecule has 3 aromatic heterocycles. The van der Waals surface area contributed by atoms with Crippen LogP contribution in [0.1, 0.15) is 5.69 Å². The molecule has 0 unspecified atom stereocenters. The molecule has 0 atom stereocenters. The molecule has 3 heterocycles. The summed E-state index contributed by atoms with van der Waals surface area (Å²) < 4.78 is 0. The average Bonchev–Trinajstić information content (AvgIpc) is 2.46. The minimum atomic E-state index is 0.599. The van der Waals surface area contributed by atoms with E-state index in [0.717, 1.165) is 17.0 Å². The fourth-order valence-corrected chi connectivity index (χ4v) is 1.56. The largest absolute Gasteiger partial charge is 0.364 e. The van der Waals surface area contributed by atoms with E-state index in [1.807, 2.05) is 18.2 Å². The molecule has 6 nitrogen and oxygen atoms in total. The van der Waals surface area contributed by atoms with E-state index in [4.69, 9.17) is 0 Å². The average molecular weight is 238 g/mol. The summed E-state index contributed by atoms with van der Waals surface area (Å²) in [4.78, 5) is 20.7. The summed E-state index contributed by atoms with van der Waals surface area (Å²) in [6.45, 7) is 0.599. The number of anilines is 1. The van der Waals surface area contributed by atoms with Crippen LogP contribution in [0, 0.1) is 0 Å². The van der Waals surface area contributed by atoms with Crippen LogP contribution in [-0.4, -0.2) is 24.9 Å². The minimum Gasteiger partial charge on any atom is -0.364 e. The molecule has 0 aliphatic carbocycles. The van der Waals surface area contributed by atoms with Crippen molar-refractivity contribution in [3.05, 3.63) is 48.8 Å². The van der Waals surface area contributed by atoms with Crippen molar-refractivity contribution < 1.29 is 0 Å². The van der Waals surface area contributed by atoms with Crippen LogP contribution in [0.15, 0.2) is 43.1 Å². The third-order valence-electron chi connectivity index (χ3n) is 2.43. The van der Waals surface area contributed by atoms with Crippen LogP contribution in [0.5, 0.6) is 0 Å². The van der Waals surface area contributed by atoms with Gasteiger partial charge in [-0.2, -0.15) is 0 Å². The first-order valence-corrected chi connectivity index (χ1v) is 5.48. The molecule has 18 heavy (non-hydrogen) atoms. The maximum atomic E-state index is 4.36. The maximum absolute atomic E-state index is 4.36. The number of nitrogens with one attached hydrogen (secondary N) is 1. The van der Waals surface area contributed by atoms with Crippen molar-refractivity contribution in [3.63, 3.8) is 0 Å². The number of hydrogen-bond acceptors (Lipinski definition) is 6. The number of rotatable bonds is 3. The zero-order valence-corrected chi connectivity index (χ0v) is 9.48. The van der Waals surface area contributed by atoms with Gasteiger partial charge in [0.25, 0.3) is 0 Å². The van der Waals surface area contributed by atoms with Gasteiger partial charge in [-0.3, -0.25) is 4.98 Å². The van der Waals surface area contributed by atoms with E-state index in [1.54, 1.807) is 18.6 Å². The Kier molecular flexibility index (Phi) is 2.75. The van der Waals surface area contributed by atoms with Crippen molar-refractivity contribution in [2.75, 3.05) is 5.32 Å². The molecule has 1 N–H and O–H groups in total. The second-order valence-corrected chi connectivity index (χ2v) is 3.65. The molecular formula is C12H10N6. The Morgan fingerprint density at radius 2 is 1.89 bits per heavy atom. The standard InChI is InChI=1S/C12H10N6/c1-2-11(16-7-9-3-4-13-8-17-9)18-12-10(1)14-5-6-15-12/h1-6,8H,7H2,(H,15,16,18). The predicted molar refractivity (Wildman–Crippen MR) is 66.7 cm³/mol. The Bertz CT molecular complexity index is 655. The summed E-state index contributed by atoms with van der Waals surface area (Å²) in [6, 6.07) is 5.61. The third-order valence-corrected chi connectivity index (χ3v) is 2.43. The van der Waals surface area contributed by atoms with Gasteiger partial charge in [-0.15, -0.1) is 0 Å². The highest BCUT2D eigenvalue weighted by Gasteiger charge is 2.00. The van der Waals surface area contributed by atoms with Gasteiger partial charge in [-0.25, -0.2) is 19.9 Å². The summed E-state index contributed by atoms with van der Waals surface area (Å²) in [6.07, 6.45) is 6.52. The second kappa shape index (κ2) is 4.70. The number of nitrogens with zero attached hydrogens (tertiary/aromatic N) is 5. The van der Waals surface area contributed by atoms with Gasteiger partial charge in [0.1, 0.15) is 17.7 Å². The van der Waals surface area contributed by atoms with Crippen molar-refractivity contribution in [1.82, 2.24) is 24.9 Å². The molecule has 0 amide bonds.